The van der Waals surface area contributed by atoms with Crippen molar-refractivity contribution >= 4 is 5.69 Å². The maximum atomic E-state index is 5.38. The van der Waals surface area contributed by atoms with E-state index in [2.05, 4.69) is 95.2 Å². The fraction of sp³-hybridized carbons (Fsp3) is 0.667. The molecule has 2 atom stereocenters. The number of hydrogen-bond donors (Lipinski definition) is 0. The van der Waals surface area contributed by atoms with Gasteiger partial charge in [0.1, 0.15) is 5.54 Å². The third kappa shape index (κ3) is 4.80. The second-order valence-electron chi connectivity index (χ2n) is 11.6. The summed E-state index contributed by atoms with van der Waals surface area (Å²) in [6.45, 7) is 28.5. The molecule has 0 amide bonds. The average Bonchev–Trinajstić information content (AvgIpc) is 2.70. The number of azo groups is 1. The first-order chi connectivity index (χ1) is 14.9. The Morgan fingerprint density at radius 2 is 1.19 bits per heavy atom. The van der Waals surface area contributed by atoms with E-state index in [0.29, 0.717) is 41.4 Å². The molecule has 2 unspecified atom stereocenters. The highest BCUT2D eigenvalue weighted by Gasteiger charge is 2.54. The zero-order valence-electron chi connectivity index (χ0n) is 22.8. The van der Waals surface area contributed by atoms with E-state index >= 15 is 0 Å². The van der Waals surface area contributed by atoms with Gasteiger partial charge in [-0.3, -0.25) is 0 Å². The molecule has 0 radical (unpaired) electrons. The SMILES string of the molecule is CC(C)C1=C(C(C)C)C(C(C)C)C(N=Nc2ccccc2)(C(C)C)C(C(C)C)=C1C(C)C. The third-order valence-electron chi connectivity index (χ3n) is 7.12. The second kappa shape index (κ2) is 10.5. The van der Waals surface area contributed by atoms with E-state index in [1.165, 1.54) is 5.57 Å². The number of benzene rings is 1. The monoisotopic (exact) mass is 436 g/mol. The van der Waals surface area contributed by atoms with Gasteiger partial charge in [0.15, 0.2) is 0 Å². The molecule has 0 spiro atoms. The zero-order valence-corrected chi connectivity index (χ0v) is 22.8. The minimum absolute atomic E-state index is 0.338. The second-order valence-corrected chi connectivity index (χ2v) is 11.6. The maximum Gasteiger partial charge on any atom is 0.113 e. The molecule has 1 aliphatic carbocycles. The molecule has 2 heteroatoms. The number of allylic oxidation sites excluding steroid dienone is 2. The molecular weight excluding hydrogens is 388 g/mol. The molecule has 0 N–H and O–H groups in total. The predicted molar refractivity (Wildman–Crippen MR) is 140 cm³/mol. The van der Waals surface area contributed by atoms with Crippen LogP contribution in [0.1, 0.15) is 83.1 Å². The smallest absolute Gasteiger partial charge is 0.113 e. The van der Waals surface area contributed by atoms with Gasteiger partial charge in [-0.25, -0.2) is 0 Å². The highest BCUT2D eigenvalue weighted by atomic mass is 15.2. The van der Waals surface area contributed by atoms with Crippen LogP contribution in [0, 0.1) is 41.4 Å². The number of nitrogens with zero attached hydrogens (tertiary/aromatic N) is 2. The van der Waals surface area contributed by atoms with Gasteiger partial charge in [0.25, 0.3) is 0 Å². The molecule has 2 rings (SSSR count). The standard InChI is InChI=1S/C30H48N2/c1-18(2)25-26(19(3)4)28(21(7)8)30(23(11)12,29(22(9)10)27(25)20(5)6)32-31-24-16-14-13-15-17-24/h13-23,28H,1-12H3. The van der Waals surface area contributed by atoms with Gasteiger partial charge in [0.05, 0.1) is 5.69 Å². The van der Waals surface area contributed by atoms with E-state index < -0.39 is 0 Å². The van der Waals surface area contributed by atoms with Crippen molar-refractivity contribution in [3.63, 3.8) is 0 Å². The fourth-order valence-electron chi connectivity index (χ4n) is 6.20. The summed E-state index contributed by atoms with van der Waals surface area (Å²) in [6.07, 6.45) is 0. The summed E-state index contributed by atoms with van der Waals surface area (Å²) < 4.78 is 0. The van der Waals surface area contributed by atoms with Crippen molar-refractivity contribution < 1.29 is 0 Å². The van der Waals surface area contributed by atoms with Crippen molar-refractivity contribution in [3.05, 3.63) is 52.6 Å². The van der Waals surface area contributed by atoms with Crippen LogP contribution in [0.3, 0.4) is 0 Å². The molecule has 0 saturated heterocycles. The highest BCUT2D eigenvalue weighted by molar-refractivity contribution is 5.54. The molecule has 1 aliphatic rings. The van der Waals surface area contributed by atoms with Crippen molar-refractivity contribution in [2.24, 2.45) is 51.7 Å². The summed E-state index contributed by atoms with van der Waals surface area (Å²) in [4.78, 5) is 0. The normalized spacial score (nSPS) is 22.9. The van der Waals surface area contributed by atoms with Crippen molar-refractivity contribution in [2.75, 3.05) is 0 Å². The molecule has 0 fully saturated rings. The Morgan fingerprint density at radius 1 is 0.656 bits per heavy atom. The van der Waals surface area contributed by atoms with Gasteiger partial charge in [-0.1, -0.05) is 107 Å². The summed E-state index contributed by atoms with van der Waals surface area (Å²) in [5.41, 5.74) is 6.89. The maximum absolute atomic E-state index is 5.38. The Hall–Kier alpha value is -1.70. The minimum Gasteiger partial charge on any atom is -0.176 e. The van der Waals surface area contributed by atoms with Crippen LogP contribution in [-0.4, -0.2) is 5.54 Å². The highest BCUT2D eigenvalue weighted by Crippen LogP contribution is 2.57. The van der Waals surface area contributed by atoms with Crippen molar-refractivity contribution in [2.45, 2.75) is 88.6 Å². The first-order valence-corrected chi connectivity index (χ1v) is 12.8. The van der Waals surface area contributed by atoms with Crippen LogP contribution in [0.5, 0.6) is 0 Å². The minimum atomic E-state index is -0.338. The van der Waals surface area contributed by atoms with Crippen LogP contribution in [-0.2, 0) is 0 Å². The quantitative estimate of drug-likeness (QED) is 0.362. The topological polar surface area (TPSA) is 24.7 Å². The lowest BCUT2D eigenvalue weighted by Crippen LogP contribution is -2.52. The van der Waals surface area contributed by atoms with Gasteiger partial charge in [0, 0.05) is 5.92 Å². The van der Waals surface area contributed by atoms with Crippen LogP contribution >= 0.6 is 0 Å². The Kier molecular flexibility index (Phi) is 8.70. The van der Waals surface area contributed by atoms with Crippen molar-refractivity contribution in [1.29, 1.82) is 0 Å². The third-order valence-corrected chi connectivity index (χ3v) is 7.12. The van der Waals surface area contributed by atoms with Crippen LogP contribution in [0.4, 0.5) is 5.69 Å². The predicted octanol–water partition coefficient (Wildman–Crippen LogP) is 9.67. The number of hydrogen-bond acceptors (Lipinski definition) is 2. The van der Waals surface area contributed by atoms with Gasteiger partial charge >= 0.3 is 0 Å². The Morgan fingerprint density at radius 3 is 1.56 bits per heavy atom. The van der Waals surface area contributed by atoms with E-state index in [0.717, 1.165) is 5.69 Å². The Balaban J connectivity index is 3.06. The lowest BCUT2D eigenvalue weighted by atomic mass is 9.53. The molecule has 1 aromatic carbocycles. The summed E-state index contributed by atoms with van der Waals surface area (Å²) in [5, 5.41) is 10.3. The van der Waals surface area contributed by atoms with E-state index in [1.807, 2.05) is 18.2 Å². The first-order valence-electron chi connectivity index (χ1n) is 12.8. The summed E-state index contributed by atoms with van der Waals surface area (Å²) in [5.74, 6) is 3.00. The van der Waals surface area contributed by atoms with Gasteiger partial charge < -0.3 is 0 Å². The largest absolute Gasteiger partial charge is 0.176 e. The van der Waals surface area contributed by atoms with E-state index in [4.69, 9.17) is 10.2 Å². The number of rotatable bonds is 8. The lowest BCUT2D eigenvalue weighted by molar-refractivity contribution is 0.179. The van der Waals surface area contributed by atoms with Gasteiger partial charge in [-0.15, -0.1) is 0 Å². The summed E-state index contributed by atoms with van der Waals surface area (Å²) >= 11 is 0. The molecule has 0 aromatic heterocycles. The van der Waals surface area contributed by atoms with E-state index in [9.17, 15) is 0 Å². The molecular formula is C30H48N2. The fourth-order valence-corrected chi connectivity index (χ4v) is 6.20. The van der Waals surface area contributed by atoms with Crippen LogP contribution in [0.2, 0.25) is 0 Å². The van der Waals surface area contributed by atoms with Gasteiger partial charge in [0.2, 0.25) is 0 Å². The molecule has 1 aromatic rings. The molecule has 178 valence electrons. The first kappa shape index (κ1) is 26.6. The van der Waals surface area contributed by atoms with Crippen molar-refractivity contribution in [1.82, 2.24) is 0 Å². The molecule has 0 aliphatic heterocycles. The van der Waals surface area contributed by atoms with E-state index in [-0.39, 0.29) is 5.54 Å². The lowest BCUT2D eigenvalue weighted by Gasteiger charge is -2.53. The molecule has 0 bridgehead atoms. The van der Waals surface area contributed by atoms with Gasteiger partial charge in [-0.05, 0) is 64.4 Å². The summed E-state index contributed by atoms with van der Waals surface area (Å²) in [7, 11) is 0. The van der Waals surface area contributed by atoms with Crippen LogP contribution < -0.4 is 0 Å². The van der Waals surface area contributed by atoms with Crippen LogP contribution in [0.25, 0.3) is 0 Å². The van der Waals surface area contributed by atoms with Crippen LogP contribution in [0.15, 0.2) is 62.9 Å². The molecule has 2 nitrogen and oxygen atoms in total. The zero-order chi connectivity index (χ0) is 24.4. The summed E-state index contributed by atoms with van der Waals surface area (Å²) in [6, 6.07) is 10.3. The molecule has 32 heavy (non-hydrogen) atoms. The molecule has 0 heterocycles. The van der Waals surface area contributed by atoms with Crippen molar-refractivity contribution in [3.8, 4) is 0 Å². The van der Waals surface area contributed by atoms with E-state index in [1.54, 1.807) is 16.7 Å². The Bertz CT molecular complexity index is 850. The molecule has 0 saturated carbocycles. The van der Waals surface area contributed by atoms with Gasteiger partial charge in [-0.2, -0.15) is 10.2 Å². The Labute approximate surface area is 198 Å². The average molecular weight is 437 g/mol.